The number of alkyl carbamates (subject to hydrolysis) is 1. The van der Waals surface area contributed by atoms with Crippen LogP contribution in [0.4, 0.5) is 4.79 Å². The monoisotopic (exact) mass is 379 g/mol. The van der Waals surface area contributed by atoms with E-state index in [0.29, 0.717) is 25.0 Å². The van der Waals surface area contributed by atoms with E-state index in [1.54, 1.807) is 21.1 Å². The highest BCUT2D eigenvalue weighted by molar-refractivity contribution is 6.66. The summed E-state index contributed by atoms with van der Waals surface area (Å²) >= 11 is 0. The minimum absolute atomic E-state index is 0.125. The first-order valence-corrected chi connectivity index (χ1v) is 10.4. The van der Waals surface area contributed by atoms with Crippen molar-refractivity contribution in [1.82, 2.24) is 5.32 Å². The number of carbonyl (C=O) groups excluding carboxylic acids is 2. The molecule has 25 heavy (non-hydrogen) atoms. The normalized spacial score (nSPS) is 11.0. The Bertz CT molecular complexity index is 414. The lowest BCUT2D eigenvalue weighted by Crippen LogP contribution is -2.48. The fourth-order valence-corrected chi connectivity index (χ4v) is 2.26. The molecular formula is C15H29NO8Si. The summed E-state index contributed by atoms with van der Waals surface area (Å²) in [6.45, 7) is 8.40. The summed E-state index contributed by atoms with van der Waals surface area (Å²) in [6.07, 6.45) is -0.254. The van der Waals surface area contributed by atoms with Crippen LogP contribution in [-0.4, -0.2) is 80.7 Å². The third-order valence-corrected chi connectivity index (χ3v) is 5.61. The molecule has 0 rings (SSSR count). The molecule has 0 radical (unpaired) electrons. The zero-order valence-corrected chi connectivity index (χ0v) is 16.4. The van der Waals surface area contributed by atoms with Crippen LogP contribution in [0, 0.1) is 0 Å². The molecular weight excluding hydrogens is 350 g/mol. The van der Waals surface area contributed by atoms with Gasteiger partial charge in [0.2, 0.25) is 0 Å². The minimum Gasteiger partial charge on any atom is -0.460 e. The van der Waals surface area contributed by atoms with Crippen molar-refractivity contribution in [3.8, 4) is 0 Å². The van der Waals surface area contributed by atoms with Gasteiger partial charge in [0.15, 0.2) is 0 Å². The van der Waals surface area contributed by atoms with E-state index in [2.05, 4.69) is 11.9 Å². The molecule has 0 aliphatic carbocycles. The van der Waals surface area contributed by atoms with Crippen LogP contribution in [0.25, 0.3) is 0 Å². The second-order valence-corrected chi connectivity index (χ2v) is 8.61. The van der Waals surface area contributed by atoms with Crippen molar-refractivity contribution in [3.63, 3.8) is 0 Å². The Labute approximate surface area is 149 Å². The quantitative estimate of drug-likeness (QED) is 0.204. The summed E-state index contributed by atoms with van der Waals surface area (Å²) in [7, 11) is 0.744. The minimum atomic E-state index is -2.35. The number of carbonyl (C=O) groups is 2. The molecule has 1 amide bonds. The lowest BCUT2D eigenvalue weighted by molar-refractivity contribution is -0.140. The van der Waals surface area contributed by atoms with Crippen LogP contribution in [0.5, 0.6) is 0 Å². The van der Waals surface area contributed by atoms with Gasteiger partial charge in [-0.3, -0.25) is 0 Å². The number of hydrogen-bond acceptors (Lipinski definition) is 8. The van der Waals surface area contributed by atoms with Crippen LogP contribution in [-0.2, 0) is 32.6 Å². The molecule has 9 nitrogen and oxygen atoms in total. The van der Waals surface area contributed by atoms with Gasteiger partial charge in [0, 0.05) is 19.8 Å². The van der Waals surface area contributed by atoms with Gasteiger partial charge < -0.3 is 33.1 Å². The second-order valence-electron chi connectivity index (χ2n) is 5.17. The van der Waals surface area contributed by atoms with Crippen molar-refractivity contribution in [2.45, 2.75) is 13.5 Å². The van der Waals surface area contributed by atoms with Crippen LogP contribution in [0.15, 0.2) is 12.2 Å². The first kappa shape index (κ1) is 23.5. The summed E-state index contributed by atoms with van der Waals surface area (Å²) < 4.78 is 30.7. The molecule has 146 valence electrons. The Balaban J connectivity index is 3.45. The second kappa shape index (κ2) is 13.8. The molecule has 0 aromatic carbocycles. The van der Waals surface area contributed by atoms with E-state index >= 15 is 0 Å². The molecule has 0 saturated carbocycles. The van der Waals surface area contributed by atoms with E-state index in [-0.39, 0.29) is 26.4 Å². The van der Waals surface area contributed by atoms with Gasteiger partial charge in [-0.25, -0.2) is 9.59 Å². The van der Waals surface area contributed by atoms with E-state index in [1.165, 1.54) is 0 Å². The largest absolute Gasteiger partial charge is 0.460 e. The molecule has 10 heteroatoms. The van der Waals surface area contributed by atoms with Crippen LogP contribution in [0.2, 0.25) is 6.55 Å². The molecule has 0 bridgehead atoms. The van der Waals surface area contributed by atoms with Gasteiger partial charge in [-0.15, -0.1) is 0 Å². The Hall–Kier alpha value is -1.46. The summed E-state index contributed by atoms with van der Waals surface area (Å²) in [4.78, 5) is 22.6. The predicted octanol–water partition coefficient (Wildman–Crippen LogP) is 0.769. The predicted molar refractivity (Wildman–Crippen MR) is 92.4 cm³/mol. The van der Waals surface area contributed by atoms with E-state index in [4.69, 9.17) is 27.8 Å². The molecule has 0 spiro atoms. The first-order valence-electron chi connectivity index (χ1n) is 7.83. The van der Waals surface area contributed by atoms with Crippen LogP contribution in [0.1, 0.15) is 6.92 Å². The van der Waals surface area contributed by atoms with Crippen LogP contribution >= 0.6 is 0 Å². The topological polar surface area (TPSA) is 102 Å². The van der Waals surface area contributed by atoms with Crippen molar-refractivity contribution >= 4 is 20.6 Å². The smallest absolute Gasteiger partial charge is 0.407 e. The lowest BCUT2D eigenvalue weighted by atomic mass is 10.4. The van der Waals surface area contributed by atoms with Crippen LogP contribution < -0.4 is 5.32 Å². The van der Waals surface area contributed by atoms with Gasteiger partial charge >= 0.3 is 20.6 Å². The van der Waals surface area contributed by atoms with Crippen molar-refractivity contribution in [3.05, 3.63) is 12.2 Å². The summed E-state index contributed by atoms with van der Waals surface area (Å²) in [6, 6.07) is 0. The molecule has 1 N–H and O–H groups in total. The van der Waals surface area contributed by atoms with Gasteiger partial charge in [0.05, 0.1) is 32.6 Å². The van der Waals surface area contributed by atoms with Gasteiger partial charge in [-0.2, -0.15) is 0 Å². The SMILES string of the molecule is C=C(C)C(=O)OCCOCCOCCOC(=O)NC[Si](C)(OC)OC. The third kappa shape index (κ3) is 12.5. The summed E-state index contributed by atoms with van der Waals surface area (Å²) in [5, 5.41) is 2.59. The molecule has 0 atom stereocenters. The average molecular weight is 379 g/mol. The number of amides is 1. The summed E-state index contributed by atoms with van der Waals surface area (Å²) in [5.74, 6) is -0.436. The Morgan fingerprint density at radius 2 is 1.40 bits per heavy atom. The lowest BCUT2D eigenvalue weighted by Gasteiger charge is -2.22. The molecule has 0 heterocycles. The maximum absolute atomic E-state index is 11.5. The number of hydrogen-bond donors (Lipinski definition) is 1. The Morgan fingerprint density at radius 1 is 0.920 bits per heavy atom. The zero-order chi connectivity index (χ0) is 19.1. The van der Waals surface area contributed by atoms with E-state index in [9.17, 15) is 9.59 Å². The summed E-state index contributed by atoms with van der Waals surface area (Å²) in [5.41, 5.74) is 0.351. The highest BCUT2D eigenvalue weighted by Crippen LogP contribution is 2.01. The molecule has 0 aromatic heterocycles. The van der Waals surface area contributed by atoms with Crippen molar-refractivity contribution in [2.75, 3.05) is 60.0 Å². The molecule has 0 aliphatic heterocycles. The van der Waals surface area contributed by atoms with Crippen molar-refractivity contribution in [2.24, 2.45) is 0 Å². The van der Waals surface area contributed by atoms with E-state index < -0.39 is 20.6 Å². The molecule has 0 aliphatic rings. The maximum atomic E-state index is 11.5. The fraction of sp³-hybridized carbons (Fsp3) is 0.733. The highest BCUT2D eigenvalue weighted by Gasteiger charge is 2.29. The molecule has 0 fully saturated rings. The first-order chi connectivity index (χ1) is 11.8. The zero-order valence-electron chi connectivity index (χ0n) is 15.4. The maximum Gasteiger partial charge on any atom is 0.407 e. The number of nitrogens with one attached hydrogen (secondary N) is 1. The van der Waals surface area contributed by atoms with Crippen molar-refractivity contribution in [1.29, 1.82) is 0 Å². The van der Waals surface area contributed by atoms with Gasteiger partial charge in [-0.1, -0.05) is 6.58 Å². The fourth-order valence-electron chi connectivity index (χ4n) is 1.34. The Morgan fingerprint density at radius 3 is 1.88 bits per heavy atom. The van der Waals surface area contributed by atoms with E-state index in [1.807, 2.05) is 6.55 Å². The molecule has 0 unspecified atom stereocenters. The average Bonchev–Trinajstić information content (AvgIpc) is 2.60. The number of ether oxygens (including phenoxy) is 4. The van der Waals surface area contributed by atoms with Gasteiger partial charge in [0.25, 0.3) is 0 Å². The van der Waals surface area contributed by atoms with E-state index in [0.717, 1.165) is 0 Å². The molecule has 0 saturated heterocycles. The molecule has 0 aromatic rings. The Kier molecular flexibility index (Phi) is 13.0. The number of esters is 1. The highest BCUT2D eigenvalue weighted by atomic mass is 28.4. The van der Waals surface area contributed by atoms with Crippen LogP contribution in [0.3, 0.4) is 0 Å². The van der Waals surface area contributed by atoms with Crippen molar-refractivity contribution < 1.29 is 37.4 Å². The standard InChI is InChI=1S/C15H29NO8Si/c1-13(2)14(17)23-10-8-21-6-7-22-9-11-24-15(18)16-12-25(5,19-3)20-4/h1,6-12H2,2-5H3,(H,16,18). The third-order valence-electron chi connectivity index (χ3n) is 3.06. The number of rotatable bonds is 14. The van der Waals surface area contributed by atoms with Gasteiger partial charge in [0.1, 0.15) is 13.2 Å². The van der Waals surface area contributed by atoms with Gasteiger partial charge in [-0.05, 0) is 13.5 Å².